The minimum absolute atomic E-state index is 0.932. The summed E-state index contributed by atoms with van der Waals surface area (Å²) in [6.07, 6.45) is 7.85. The van der Waals surface area contributed by atoms with Gasteiger partial charge in [-0.05, 0) is 36.9 Å². The van der Waals surface area contributed by atoms with E-state index in [1.165, 1.54) is 22.2 Å². The SMILES string of the molecule is CN1CCN(c2cnc3[nH]cc(-c4ccn5nccc5c4)c3c2)CC1. The van der Waals surface area contributed by atoms with E-state index >= 15 is 0 Å². The summed E-state index contributed by atoms with van der Waals surface area (Å²) >= 11 is 0. The van der Waals surface area contributed by atoms with E-state index in [-0.39, 0.29) is 0 Å². The molecule has 0 atom stereocenters. The van der Waals surface area contributed by atoms with E-state index in [0.717, 1.165) is 37.3 Å². The highest BCUT2D eigenvalue weighted by atomic mass is 15.2. The van der Waals surface area contributed by atoms with Crippen molar-refractivity contribution in [3.05, 3.63) is 49.1 Å². The Hall–Kier alpha value is -2.86. The highest BCUT2D eigenvalue weighted by molar-refractivity contribution is 5.95. The Labute approximate surface area is 145 Å². The van der Waals surface area contributed by atoms with Crippen LogP contribution in [0.3, 0.4) is 0 Å². The fraction of sp³-hybridized carbons (Fsp3) is 0.263. The Bertz CT molecular complexity index is 1040. The van der Waals surface area contributed by atoms with Gasteiger partial charge < -0.3 is 14.8 Å². The topological polar surface area (TPSA) is 52.5 Å². The third kappa shape index (κ3) is 2.46. The van der Waals surface area contributed by atoms with Gasteiger partial charge in [0.05, 0.1) is 17.4 Å². The van der Waals surface area contributed by atoms with Crippen molar-refractivity contribution in [3.8, 4) is 11.1 Å². The van der Waals surface area contributed by atoms with E-state index in [4.69, 9.17) is 0 Å². The van der Waals surface area contributed by atoms with Gasteiger partial charge in [-0.15, -0.1) is 0 Å². The number of aromatic amines is 1. The minimum Gasteiger partial charge on any atom is -0.368 e. The molecule has 1 fully saturated rings. The van der Waals surface area contributed by atoms with E-state index in [1.54, 1.807) is 0 Å². The number of nitrogens with zero attached hydrogens (tertiary/aromatic N) is 5. The Morgan fingerprint density at radius 2 is 1.96 bits per heavy atom. The van der Waals surface area contributed by atoms with Crippen molar-refractivity contribution in [2.45, 2.75) is 0 Å². The van der Waals surface area contributed by atoms with Crippen LogP contribution < -0.4 is 4.90 Å². The monoisotopic (exact) mass is 332 g/mol. The van der Waals surface area contributed by atoms with Crippen LogP contribution in [0.1, 0.15) is 0 Å². The molecule has 0 spiro atoms. The largest absolute Gasteiger partial charge is 0.368 e. The van der Waals surface area contributed by atoms with Gasteiger partial charge in [0.2, 0.25) is 0 Å². The zero-order valence-electron chi connectivity index (χ0n) is 14.2. The first-order valence-corrected chi connectivity index (χ1v) is 8.62. The number of anilines is 1. The summed E-state index contributed by atoms with van der Waals surface area (Å²) in [5, 5.41) is 5.44. The third-order valence-corrected chi connectivity index (χ3v) is 5.10. The molecule has 6 nitrogen and oxygen atoms in total. The number of rotatable bonds is 2. The molecule has 4 aromatic rings. The first kappa shape index (κ1) is 14.5. The van der Waals surface area contributed by atoms with Gasteiger partial charge in [0.15, 0.2) is 0 Å². The average molecular weight is 332 g/mol. The van der Waals surface area contributed by atoms with Crippen LogP contribution in [0.4, 0.5) is 5.69 Å². The van der Waals surface area contributed by atoms with Crippen LogP contribution in [-0.2, 0) is 0 Å². The molecule has 5 rings (SSSR count). The van der Waals surface area contributed by atoms with E-state index < -0.39 is 0 Å². The lowest BCUT2D eigenvalue weighted by atomic mass is 10.1. The number of nitrogens with one attached hydrogen (secondary N) is 1. The molecule has 1 aliphatic heterocycles. The van der Waals surface area contributed by atoms with Crippen LogP contribution in [0, 0.1) is 0 Å². The molecule has 6 heteroatoms. The molecule has 25 heavy (non-hydrogen) atoms. The van der Waals surface area contributed by atoms with E-state index in [0.29, 0.717) is 0 Å². The Morgan fingerprint density at radius 1 is 1.08 bits per heavy atom. The molecule has 1 aliphatic rings. The Balaban J connectivity index is 1.57. The van der Waals surface area contributed by atoms with Crippen molar-refractivity contribution < 1.29 is 0 Å². The van der Waals surface area contributed by atoms with Crippen molar-refractivity contribution in [1.29, 1.82) is 0 Å². The highest BCUT2D eigenvalue weighted by Crippen LogP contribution is 2.31. The van der Waals surface area contributed by atoms with Crippen LogP contribution in [0.15, 0.2) is 49.1 Å². The zero-order valence-corrected chi connectivity index (χ0v) is 14.2. The average Bonchev–Trinajstić information content (AvgIpc) is 3.27. The van der Waals surface area contributed by atoms with Gasteiger partial charge in [0.1, 0.15) is 5.65 Å². The summed E-state index contributed by atoms with van der Waals surface area (Å²) in [6, 6.07) is 8.55. The lowest BCUT2D eigenvalue weighted by Gasteiger charge is -2.33. The minimum atomic E-state index is 0.932. The van der Waals surface area contributed by atoms with Crippen molar-refractivity contribution in [2.24, 2.45) is 0 Å². The summed E-state index contributed by atoms with van der Waals surface area (Å²) in [7, 11) is 2.18. The van der Waals surface area contributed by atoms with Gasteiger partial charge in [0, 0.05) is 55.7 Å². The second-order valence-electron chi connectivity index (χ2n) is 6.70. The van der Waals surface area contributed by atoms with Crippen molar-refractivity contribution in [3.63, 3.8) is 0 Å². The molecule has 0 unspecified atom stereocenters. The molecule has 0 aliphatic carbocycles. The number of pyridine rings is 2. The zero-order chi connectivity index (χ0) is 16.8. The number of H-pyrrole nitrogens is 1. The fourth-order valence-electron chi connectivity index (χ4n) is 3.56. The molecule has 126 valence electrons. The maximum Gasteiger partial charge on any atom is 0.138 e. The Morgan fingerprint density at radius 3 is 2.84 bits per heavy atom. The summed E-state index contributed by atoms with van der Waals surface area (Å²) in [4.78, 5) is 12.7. The third-order valence-electron chi connectivity index (χ3n) is 5.10. The second-order valence-corrected chi connectivity index (χ2v) is 6.70. The van der Waals surface area contributed by atoms with Crippen LogP contribution in [0.5, 0.6) is 0 Å². The van der Waals surface area contributed by atoms with Gasteiger partial charge in [-0.25, -0.2) is 9.50 Å². The predicted octanol–water partition coefficient (Wildman–Crippen LogP) is 2.63. The van der Waals surface area contributed by atoms with E-state index in [1.807, 2.05) is 35.4 Å². The van der Waals surface area contributed by atoms with Crippen molar-refractivity contribution in [2.75, 3.05) is 38.1 Å². The summed E-state index contributed by atoms with van der Waals surface area (Å²) in [5.74, 6) is 0. The Kier molecular flexibility index (Phi) is 3.24. The molecular formula is C19H20N6. The predicted molar refractivity (Wildman–Crippen MR) is 100.0 cm³/mol. The lowest BCUT2D eigenvalue weighted by molar-refractivity contribution is 0.313. The smallest absolute Gasteiger partial charge is 0.138 e. The molecule has 0 bridgehead atoms. The van der Waals surface area contributed by atoms with Crippen LogP contribution in [0.25, 0.3) is 27.7 Å². The van der Waals surface area contributed by atoms with Crippen molar-refractivity contribution in [1.82, 2.24) is 24.5 Å². The number of hydrogen-bond donors (Lipinski definition) is 1. The number of fused-ring (bicyclic) bond motifs is 2. The molecule has 4 aromatic heterocycles. The quantitative estimate of drug-likeness (QED) is 0.613. The molecular weight excluding hydrogens is 312 g/mol. The number of aromatic nitrogens is 4. The molecule has 1 N–H and O–H groups in total. The maximum absolute atomic E-state index is 4.65. The highest BCUT2D eigenvalue weighted by Gasteiger charge is 2.16. The molecule has 0 amide bonds. The van der Waals surface area contributed by atoms with E-state index in [9.17, 15) is 0 Å². The standard InChI is InChI=1S/C19H20N6/c1-23-6-8-24(9-7-23)16-11-17-18(13-21-19(17)20-12-16)14-3-5-25-15(10-14)2-4-22-25/h2-5,10-13H,6-9H2,1H3,(H,20,21). The van der Waals surface area contributed by atoms with Crippen LogP contribution in [0.2, 0.25) is 0 Å². The van der Waals surface area contributed by atoms with Gasteiger partial charge >= 0.3 is 0 Å². The molecule has 1 saturated heterocycles. The van der Waals surface area contributed by atoms with Crippen LogP contribution >= 0.6 is 0 Å². The summed E-state index contributed by atoms with van der Waals surface area (Å²) in [6.45, 7) is 4.28. The van der Waals surface area contributed by atoms with Gasteiger partial charge in [-0.1, -0.05) is 0 Å². The van der Waals surface area contributed by atoms with Crippen molar-refractivity contribution >= 4 is 22.2 Å². The number of hydrogen-bond acceptors (Lipinski definition) is 4. The number of likely N-dealkylation sites (N-methyl/N-ethyl adjacent to an activating group) is 1. The van der Waals surface area contributed by atoms with Crippen LogP contribution in [-0.4, -0.2) is 57.7 Å². The number of piperazine rings is 1. The molecule has 0 radical (unpaired) electrons. The van der Waals surface area contributed by atoms with Gasteiger partial charge in [-0.3, -0.25) is 0 Å². The van der Waals surface area contributed by atoms with Gasteiger partial charge in [-0.2, -0.15) is 5.10 Å². The van der Waals surface area contributed by atoms with Gasteiger partial charge in [0.25, 0.3) is 0 Å². The first-order chi connectivity index (χ1) is 12.3. The second kappa shape index (κ2) is 5.60. The molecule has 0 aromatic carbocycles. The van der Waals surface area contributed by atoms with E-state index in [2.05, 4.69) is 50.1 Å². The normalized spacial score (nSPS) is 16.1. The first-order valence-electron chi connectivity index (χ1n) is 8.62. The maximum atomic E-state index is 4.65. The molecule has 5 heterocycles. The fourth-order valence-corrected chi connectivity index (χ4v) is 3.56. The summed E-state index contributed by atoms with van der Waals surface area (Å²) < 4.78 is 1.88. The lowest BCUT2D eigenvalue weighted by Crippen LogP contribution is -2.44. The molecule has 0 saturated carbocycles. The summed E-state index contributed by atoms with van der Waals surface area (Å²) in [5.41, 5.74) is 5.59.